The van der Waals surface area contributed by atoms with Gasteiger partial charge in [0.25, 0.3) is 6.47 Å². The molecule has 22 heavy (non-hydrogen) atoms. The number of nitrogens with one attached hydrogen (secondary N) is 1. The minimum atomic E-state index is -0.250. The van der Waals surface area contributed by atoms with Crippen molar-refractivity contribution in [3.8, 4) is 0 Å². The van der Waals surface area contributed by atoms with Gasteiger partial charge >= 0.3 is 0 Å². The molecule has 1 atom stereocenters. The molecule has 0 aromatic carbocycles. The van der Waals surface area contributed by atoms with E-state index in [0.717, 1.165) is 6.42 Å². The van der Waals surface area contributed by atoms with Gasteiger partial charge in [-0.3, -0.25) is 4.79 Å². The Hall–Kier alpha value is -1.09. The maximum Gasteiger partial charge on any atom is 0.290 e. The number of allylic oxidation sites excluding steroid dienone is 2. The summed E-state index contributed by atoms with van der Waals surface area (Å²) in [4.78, 5) is 8.36. The molecule has 0 saturated carbocycles. The quantitative estimate of drug-likeness (QED) is 0.491. The highest BCUT2D eigenvalue weighted by Gasteiger charge is 2.25. The highest BCUT2D eigenvalue weighted by molar-refractivity contribution is 5.32. The van der Waals surface area contributed by atoms with Crippen LogP contribution in [0.2, 0.25) is 0 Å². The van der Waals surface area contributed by atoms with Crippen molar-refractivity contribution in [2.24, 2.45) is 0 Å². The Bertz CT molecular complexity index is 201. The molecule has 1 rings (SSSR count). The zero-order valence-corrected chi connectivity index (χ0v) is 15.4. The summed E-state index contributed by atoms with van der Waals surface area (Å²) >= 11 is 0. The summed E-state index contributed by atoms with van der Waals surface area (Å²) in [6.07, 6.45) is 11.3. The smallest absolute Gasteiger partial charge is 0.290 e. The van der Waals surface area contributed by atoms with Gasteiger partial charge in [0, 0.05) is 5.54 Å². The maximum atomic E-state index is 8.36. The highest BCUT2D eigenvalue weighted by atomic mass is 16.3. The number of rotatable bonds is 3. The first-order chi connectivity index (χ1) is 10.1. The van der Waals surface area contributed by atoms with Crippen molar-refractivity contribution in [1.29, 1.82) is 0 Å². The van der Waals surface area contributed by atoms with Crippen LogP contribution in [-0.2, 0) is 4.79 Å². The third kappa shape index (κ3) is 31.3. The van der Waals surface area contributed by atoms with Gasteiger partial charge in [0.2, 0.25) is 0 Å². The number of hydrogen-bond donors (Lipinski definition) is 2. The SMILES string of the molecule is C.C=CC.CC.CC.CC/C=C\CC1(C)CCCN1.O=CO. The first-order valence-corrected chi connectivity index (χ1v) is 8.15. The minimum Gasteiger partial charge on any atom is -0.483 e. The molecule has 3 heteroatoms. The Kier molecular flexibility index (Phi) is 47.7. The Morgan fingerprint density at radius 1 is 1.23 bits per heavy atom. The Labute approximate surface area is 140 Å². The zero-order chi connectivity index (χ0) is 17.6. The molecule has 1 heterocycles. The molecule has 2 N–H and O–H groups in total. The van der Waals surface area contributed by atoms with E-state index in [1.807, 2.05) is 34.6 Å². The van der Waals surface area contributed by atoms with Crippen LogP contribution in [0.3, 0.4) is 0 Å². The third-order valence-corrected chi connectivity index (χ3v) is 2.43. The molecule has 1 aliphatic heterocycles. The largest absolute Gasteiger partial charge is 0.483 e. The standard InChI is InChI=1S/C10H19N.C3H6.2C2H6.CH2O2.CH4/c1-3-4-5-7-10(2)8-6-9-11-10;1-3-2;2*1-2;2-1-3;/h4-5,11H,3,6-9H2,1-2H3;3H,1H2,2H3;2*1-2H3;1H,(H,2,3);1H4/b5-4-;;;;;. The van der Waals surface area contributed by atoms with E-state index in [1.165, 1.54) is 25.8 Å². The summed E-state index contributed by atoms with van der Waals surface area (Å²) in [5.74, 6) is 0. The zero-order valence-electron chi connectivity index (χ0n) is 15.4. The van der Waals surface area contributed by atoms with Crippen LogP contribution in [-0.4, -0.2) is 23.7 Å². The van der Waals surface area contributed by atoms with Crippen molar-refractivity contribution >= 4 is 6.47 Å². The Morgan fingerprint density at radius 3 is 1.91 bits per heavy atom. The lowest BCUT2D eigenvalue weighted by atomic mass is 9.96. The van der Waals surface area contributed by atoms with Crippen molar-refractivity contribution in [2.75, 3.05) is 6.54 Å². The topological polar surface area (TPSA) is 49.3 Å². The normalized spacial score (nSPS) is 17.6. The fraction of sp³-hybridized carbons (Fsp3) is 0.737. The van der Waals surface area contributed by atoms with Gasteiger partial charge in [-0.05, 0) is 46.1 Å². The van der Waals surface area contributed by atoms with E-state index in [2.05, 4.69) is 37.9 Å². The fourth-order valence-electron chi connectivity index (χ4n) is 1.64. The first-order valence-electron chi connectivity index (χ1n) is 8.15. The molecule has 0 aromatic rings. The molecule has 0 aromatic heterocycles. The summed E-state index contributed by atoms with van der Waals surface area (Å²) in [5.41, 5.74) is 0.408. The molecule has 136 valence electrons. The number of carboxylic acid groups (broad SMARTS) is 1. The van der Waals surface area contributed by atoms with Crippen LogP contribution in [0.5, 0.6) is 0 Å². The molecule has 0 bridgehead atoms. The predicted octanol–water partition coefficient (Wildman–Crippen LogP) is 6.07. The second kappa shape index (κ2) is 32.0. The lowest BCUT2D eigenvalue weighted by Crippen LogP contribution is -2.35. The van der Waals surface area contributed by atoms with E-state index >= 15 is 0 Å². The second-order valence-corrected chi connectivity index (χ2v) is 4.19. The van der Waals surface area contributed by atoms with Crippen LogP contribution < -0.4 is 5.32 Å². The second-order valence-electron chi connectivity index (χ2n) is 4.19. The molecule has 1 aliphatic rings. The molecule has 3 nitrogen and oxygen atoms in total. The van der Waals surface area contributed by atoms with Gasteiger partial charge in [-0.15, -0.1) is 6.58 Å². The molecule has 0 radical (unpaired) electrons. The predicted molar refractivity (Wildman–Crippen MR) is 104 cm³/mol. The van der Waals surface area contributed by atoms with E-state index in [1.54, 1.807) is 6.08 Å². The van der Waals surface area contributed by atoms with Crippen molar-refractivity contribution < 1.29 is 9.90 Å². The van der Waals surface area contributed by atoms with Gasteiger partial charge in [0.05, 0.1) is 0 Å². The van der Waals surface area contributed by atoms with Crippen LogP contribution in [0.25, 0.3) is 0 Å². The van der Waals surface area contributed by atoms with Crippen molar-refractivity contribution in [3.63, 3.8) is 0 Å². The molecule has 1 unspecified atom stereocenters. The molecule has 1 saturated heterocycles. The minimum absolute atomic E-state index is 0. The number of hydrogen-bond acceptors (Lipinski definition) is 2. The van der Waals surface area contributed by atoms with E-state index in [4.69, 9.17) is 9.90 Å². The Morgan fingerprint density at radius 2 is 1.64 bits per heavy atom. The van der Waals surface area contributed by atoms with Crippen LogP contribution in [0.1, 0.15) is 81.6 Å². The molecule has 1 fully saturated rings. The molecule has 0 amide bonds. The van der Waals surface area contributed by atoms with E-state index in [-0.39, 0.29) is 13.9 Å². The average Bonchev–Trinajstić information content (AvgIpc) is 2.92. The van der Waals surface area contributed by atoms with Gasteiger partial charge in [0.15, 0.2) is 0 Å². The van der Waals surface area contributed by atoms with Crippen LogP contribution in [0.15, 0.2) is 24.8 Å². The molecular formula is C19H43NO2. The fourth-order valence-corrected chi connectivity index (χ4v) is 1.64. The third-order valence-electron chi connectivity index (χ3n) is 2.43. The van der Waals surface area contributed by atoms with E-state index in [9.17, 15) is 0 Å². The first kappa shape index (κ1) is 32.7. The number of carbonyl (C=O) groups is 1. The average molecular weight is 318 g/mol. The van der Waals surface area contributed by atoms with Gasteiger partial charge in [-0.2, -0.15) is 0 Å². The van der Waals surface area contributed by atoms with Gasteiger partial charge in [-0.25, -0.2) is 0 Å². The summed E-state index contributed by atoms with van der Waals surface area (Å²) in [7, 11) is 0. The lowest BCUT2D eigenvalue weighted by molar-refractivity contribution is -0.122. The molecule has 0 aliphatic carbocycles. The monoisotopic (exact) mass is 317 g/mol. The summed E-state index contributed by atoms with van der Waals surface area (Å²) < 4.78 is 0. The summed E-state index contributed by atoms with van der Waals surface area (Å²) in [5, 5.41) is 10.4. The van der Waals surface area contributed by atoms with Crippen LogP contribution >= 0.6 is 0 Å². The van der Waals surface area contributed by atoms with Gasteiger partial charge in [-0.1, -0.05) is 60.3 Å². The lowest BCUT2D eigenvalue weighted by Gasteiger charge is -2.21. The van der Waals surface area contributed by atoms with Crippen molar-refractivity contribution in [2.45, 2.75) is 87.1 Å². The molecular weight excluding hydrogens is 274 g/mol. The van der Waals surface area contributed by atoms with Gasteiger partial charge < -0.3 is 10.4 Å². The summed E-state index contributed by atoms with van der Waals surface area (Å²) in [6.45, 7) is 18.7. The maximum absolute atomic E-state index is 8.36. The van der Waals surface area contributed by atoms with Crippen LogP contribution in [0.4, 0.5) is 0 Å². The van der Waals surface area contributed by atoms with Crippen molar-refractivity contribution in [1.82, 2.24) is 5.32 Å². The van der Waals surface area contributed by atoms with E-state index in [0.29, 0.717) is 5.54 Å². The van der Waals surface area contributed by atoms with E-state index < -0.39 is 0 Å². The van der Waals surface area contributed by atoms with Gasteiger partial charge in [0.1, 0.15) is 0 Å². The van der Waals surface area contributed by atoms with Crippen LogP contribution in [0, 0.1) is 0 Å². The Balaban J connectivity index is -0.0000000743. The highest BCUT2D eigenvalue weighted by Crippen LogP contribution is 2.22. The van der Waals surface area contributed by atoms with Crippen molar-refractivity contribution in [3.05, 3.63) is 24.8 Å². The molecule has 0 spiro atoms. The summed E-state index contributed by atoms with van der Waals surface area (Å²) in [6, 6.07) is 0.